The SMILES string of the molecule is CCc1cc(C(=O)OC(=O)c2cc(CC)c(-c3ccc(N4CCC4)cc3)n(OC(=O)c3c(O)c(CC)c(-c4ccc(N5CCOCC5)cn4)[nH]c3=O)c2=O)c(=O)[nH]c1-c1ccc(N2CCOCC2)cc1. The van der Waals surface area contributed by atoms with E-state index < -0.39 is 57.0 Å². The van der Waals surface area contributed by atoms with Gasteiger partial charge in [0.15, 0.2) is 5.56 Å². The largest absolute Gasteiger partial charge is 0.506 e. The van der Waals surface area contributed by atoms with E-state index in [4.69, 9.17) is 19.0 Å². The number of H-pyrrole nitrogens is 2. The second-order valence-electron chi connectivity index (χ2n) is 17.1. The topological polar surface area (TPSA) is 219 Å². The number of hydrogen-bond acceptors (Lipinski definition) is 15. The summed E-state index contributed by atoms with van der Waals surface area (Å²) in [6, 6.07) is 21.0. The van der Waals surface area contributed by atoms with Crippen molar-refractivity contribution in [3.05, 3.63) is 143 Å². The number of aromatic amines is 2. The molecular formula is C52H53N7O11. The van der Waals surface area contributed by atoms with Gasteiger partial charge in [0.1, 0.15) is 16.9 Å². The molecule has 3 fully saturated rings. The zero-order valence-electron chi connectivity index (χ0n) is 39.2. The van der Waals surface area contributed by atoms with E-state index in [0.717, 1.165) is 49.7 Å². The van der Waals surface area contributed by atoms with Gasteiger partial charge in [-0.1, -0.05) is 45.0 Å². The molecule has 3 saturated heterocycles. The molecule has 0 saturated carbocycles. The molecule has 0 spiro atoms. The van der Waals surface area contributed by atoms with Crippen LogP contribution in [0.25, 0.3) is 33.9 Å². The Morgan fingerprint density at radius 2 is 1.17 bits per heavy atom. The van der Waals surface area contributed by atoms with Gasteiger partial charge in [0.2, 0.25) is 0 Å². The maximum Gasteiger partial charge on any atom is 0.373 e. The molecule has 0 aliphatic carbocycles. The highest BCUT2D eigenvalue weighted by molar-refractivity contribution is 6.03. The fourth-order valence-electron chi connectivity index (χ4n) is 9.02. The molecule has 3 aliphatic heterocycles. The Balaban J connectivity index is 1.04. The van der Waals surface area contributed by atoms with Crippen LogP contribution in [0.5, 0.6) is 5.75 Å². The summed E-state index contributed by atoms with van der Waals surface area (Å²) in [6.45, 7) is 12.4. The lowest BCUT2D eigenvalue weighted by molar-refractivity contribution is 0.0369. The first-order valence-corrected chi connectivity index (χ1v) is 23.6. The first kappa shape index (κ1) is 47.2. The Morgan fingerprint density at radius 3 is 1.73 bits per heavy atom. The van der Waals surface area contributed by atoms with Gasteiger partial charge in [-0.05, 0) is 90.9 Å². The highest BCUT2D eigenvalue weighted by Crippen LogP contribution is 2.32. The summed E-state index contributed by atoms with van der Waals surface area (Å²) in [6.07, 6.45) is 3.44. The third-order valence-corrected chi connectivity index (χ3v) is 13.0. The number of aryl methyl sites for hydroxylation is 2. The molecule has 2 aromatic carbocycles. The van der Waals surface area contributed by atoms with Crippen LogP contribution < -0.4 is 36.2 Å². The van der Waals surface area contributed by atoms with Crippen LogP contribution in [0.3, 0.4) is 0 Å². The van der Waals surface area contributed by atoms with E-state index in [1.54, 1.807) is 38.2 Å². The van der Waals surface area contributed by atoms with E-state index in [1.807, 2.05) is 49.4 Å². The van der Waals surface area contributed by atoms with Gasteiger partial charge in [0, 0.05) is 61.8 Å². The predicted octanol–water partition coefficient (Wildman–Crippen LogP) is 5.16. The van der Waals surface area contributed by atoms with E-state index >= 15 is 0 Å². The van der Waals surface area contributed by atoms with Crippen LogP contribution in [0, 0.1) is 0 Å². The van der Waals surface area contributed by atoms with E-state index in [9.17, 15) is 33.9 Å². The number of aromatic nitrogens is 4. The van der Waals surface area contributed by atoms with Crippen molar-refractivity contribution in [3.63, 3.8) is 0 Å². The Morgan fingerprint density at radius 1 is 0.629 bits per heavy atom. The minimum absolute atomic E-state index is 0.0734. The number of carbonyl (C=O) groups is 3. The zero-order valence-corrected chi connectivity index (χ0v) is 39.2. The fourth-order valence-corrected chi connectivity index (χ4v) is 9.02. The summed E-state index contributed by atoms with van der Waals surface area (Å²) in [5, 5.41) is 11.6. The number of nitrogens with zero attached hydrogens (tertiary/aromatic N) is 5. The first-order valence-electron chi connectivity index (χ1n) is 23.6. The van der Waals surface area contributed by atoms with Gasteiger partial charge >= 0.3 is 17.9 Å². The molecule has 4 aromatic heterocycles. The lowest BCUT2D eigenvalue weighted by Crippen LogP contribution is -2.38. The molecule has 0 bridgehead atoms. The van der Waals surface area contributed by atoms with Crippen molar-refractivity contribution in [2.75, 3.05) is 80.4 Å². The third kappa shape index (κ3) is 9.34. The second kappa shape index (κ2) is 20.4. The normalized spacial score (nSPS) is 14.8. The van der Waals surface area contributed by atoms with Crippen LogP contribution >= 0.6 is 0 Å². The molecule has 6 aromatic rings. The maximum absolute atomic E-state index is 14.6. The number of pyridine rings is 4. The highest BCUT2D eigenvalue weighted by atomic mass is 16.7. The summed E-state index contributed by atoms with van der Waals surface area (Å²) >= 11 is 0. The molecule has 70 heavy (non-hydrogen) atoms. The third-order valence-electron chi connectivity index (χ3n) is 13.0. The second-order valence-corrected chi connectivity index (χ2v) is 17.1. The fraction of sp³-hybridized carbons (Fsp3) is 0.327. The summed E-state index contributed by atoms with van der Waals surface area (Å²) in [5.41, 5.74) is 1.13. The molecule has 18 nitrogen and oxygen atoms in total. The van der Waals surface area contributed by atoms with Gasteiger partial charge in [0.25, 0.3) is 16.7 Å². The van der Waals surface area contributed by atoms with E-state index in [-0.39, 0.29) is 29.8 Å². The van der Waals surface area contributed by atoms with E-state index in [2.05, 4.69) is 29.7 Å². The van der Waals surface area contributed by atoms with Gasteiger partial charge in [0.05, 0.1) is 61.1 Å². The van der Waals surface area contributed by atoms with Crippen LogP contribution in [-0.2, 0) is 33.5 Å². The molecule has 0 amide bonds. The van der Waals surface area contributed by atoms with Gasteiger partial charge in [-0.2, -0.15) is 0 Å². The number of benzene rings is 2. The number of ether oxygens (including phenoxy) is 3. The molecule has 0 radical (unpaired) electrons. The minimum atomic E-state index is -1.42. The van der Waals surface area contributed by atoms with Crippen LogP contribution in [0.15, 0.2) is 93.4 Å². The van der Waals surface area contributed by atoms with Crippen molar-refractivity contribution in [1.82, 2.24) is 19.7 Å². The molecule has 3 N–H and O–H groups in total. The number of nitrogens with one attached hydrogen (secondary N) is 2. The van der Waals surface area contributed by atoms with Crippen LogP contribution in [0.4, 0.5) is 17.1 Å². The molecule has 362 valence electrons. The average Bonchev–Trinajstić information content (AvgIpc) is 3.37. The van der Waals surface area contributed by atoms with Crippen molar-refractivity contribution < 1.29 is 38.5 Å². The van der Waals surface area contributed by atoms with Crippen LogP contribution in [-0.4, -0.2) is 108 Å². The lowest BCUT2D eigenvalue weighted by Gasteiger charge is -2.33. The Hall–Kier alpha value is -7.83. The standard InChI is InChI=1S/C52H53N7O11/c1-4-31-28-39(47(61)54-43(31)33-8-12-36(13-9-33)57-20-24-67-25-21-57)50(64)69-51(65)40-29-32(5-2)45(34-10-14-35(15-11-34)56-18-7-19-56)59(49(40)63)70-52(66)42-46(60)38(6-3)44(55-48(42)62)41-17-16-37(30-53-41)58-22-26-68-27-23-58/h8-17,28-30H,4-7,18-27H2,1-3H3,(H,54,61)(H2,55,60,62). The lowest BCUT2D eigenvalue weighted by atomic mass is 10.0. The number of esters is 2. The van der Waals surface area contributed by atoms with Crippen LogP contribution in [0.2, 0.25) is 0 Å². The number of rotatable bonds is 13. The van der Waals surface area contributed by atoms with Gasteiger partial charge in [-0.25, -0.2) is 14.4 Å². The Labute approximate surface area is 402 Å². The summed E-state index contributed by atoms with van der Waals surface area (Å²) in [5.74, 6) is -4.81. The van der Waals surface area contributed by atoms with E-state index in [1.165, 1.54) is 12.1 Å². The Kier molecular flexibility index (Phi) is 13.8. The van der Waals surface area contributed by atoms with Gasteiger partial charge in [-0.3, -0.25) is 19.4 Å². The smallest absolute Gasteiger partial charge is 0.373 e. The summed E-state index contributed by atoms with van der Waals surface area (Å²) in [7, 11) is 0. The van der Waals surface area contributed by atoms with Crippen molar-refractivity contribution in [2.45, 2.75) is 46.5 Å². The van der Waals surface area contributed by atoms with Gasteiger partial charge < -0.3 is 48.8 Å². The molecule has 3 aliphatic rings. The molecular weight excluding hydrogens is 899 g/mol. The minimum Gasteiger partial charge on any atom is -0.506 e. The molecule has 18 heteroatoms. The molecule has 7 heterocycles. The molecule has 9 rings (SSSR count). The summed E-state index contributed by atoms with van der Waals surface area (Å²) < 4.78 is 16.7. The quantitative estimate of drug-likeness (QED) is 0.101. The van der Waals surface area contributed by atoms with E-state index in [0.29, 0.717) is 84.3 Å². The number of anilines is 3. The maximum atomic E-state index is 14.6. The van der Waals surface area contributed by atoms with Crippen molar-refractivity contribution in [3.8, 4) is 39.7 Å². The van der Waals surface area contributed by atoms with Crippen LogP contribution in [0.1, 0.15) is 75.0 Å². The highest BCUT2D eigenvalue weighted by Gasteiger charge is 2.31. The number of carbonyl (C=O) groups excluding carboxylic acids is 3. The molecule has 0 unspecified atom stereocenters. The van der Waals surface area contributed by atoms with Crippen molar-refractivity contribution >= 4 is 35.0 Å². The monoisotopic (exact) mass is 951 g/mol. The zero-order chi connectivity index (χ0) is 49.1. The molecule has 0 atom stereocenters. The van der Waals surface area contributed by atoms with Crippen molar-refractivity contribution in [1.29, 1.82) is 0 Å². The number of morpholine rings is 2. The predicted molar refractivity (Wildman–Crippen MR) is 262 cm³/mol. The van der Waals surface area contributed by atoms with Crippen molar-refractivity contribution in [2.24, 2.45) is 0 Å². The van der Waals surface area contributed by atoms with Gasteiger partial charge in [-0.15, -0.1) is 4.73 Å². The first-order chi connectivity index (χ1) is 34.0. The number of aromatic hydroxyl groups is 1. The summed E-state index contributed by atoms with van der Waals surface area (Å²) in [4.78, 5) is 106. The average molecular weight is 952 g/mol. The number of hydrogen-bond donors (Lipinski definition) is 3. The Bertz CT molecular complexity index is 3130.